The number of carbonyl (C=O) groups is 1. The molecule has 0 amide bonds. The van der Waals surface area contributed by atoms with Crippen LogP contribution < -0.4 is 10.6 Å². The number of hydrogen-bond acceptors (Lipinski definition) is 8. The average Bonchev–Trinajstić information content (AvgIpc) is 2.79. The summed E-state index contributed by atoms with van der Waals surface area (Å²) in [6.45, 7) is 3.61. The van der Waals surface area contributed by atoms with E-state index in [1.807, 2.05) is 14.1 Å². The van der Waals surface area contributed by atoms with Gasteiger partial charge in [-0.15, -0.1) is 0 Å². The first-order chi connectivity index (χ1) is 15.9. The van der Waals surface area contributed by atoms with Crippen molar-refractivity contribution in [3.63, 3.8) is 0 Å². The van der Waals surface area contributed by atoms with Gasteiger partial charge < -0.3 is 20.3 Å². The van der Waals surface area contributed by atoms with Crippen molar-refractivity contribution >= 4 is 35.0 Å². The van der Waals surface area contributed by atoms with E-state index in [9.17, 15) is 9.18 Å². The molecule has 3 rings (SSSR count). The highest BCUT2D eigenvalue weighted by Crippen LogP contribution is 2.28. The number of anilines is 3. The number of ether oxygens (including phenoxy) is 1. The molecule has 0 aliphatic carbocycles. The molecule has 2 heterocycles. The minimum Gasteiger partial charge on any atom is -0.462 e. The average molecular weight is 473 g/mol. The predicted molar refractivity (Wildman–Crippen MR) is 128 cm³/mol. The number of aromatic nitrogens is 3. The second kappa shape index (κ2) is 11.5. The highest BCUT2D eigenvalue weighted by Gasteiger charge is 2.14. The Morgan fingerprint density at radius 2 is 2.03 bits per heavy atom. The van der Waals surface area contributed by atoms with E-state index in [1.165, 1.54) is 18.3 Å². The summed E-state index contributed by atoms with van der Waals surface area (Å²) in [7, 11) is 4.02. The zero-order valence-electron chi connectivity index (χ0n) is 18.7. The van der Waals surface area contributed by atoms with Crippen LogP contribution in [0.15, 0.2) is 42.9 Å². The monoisotopic (exact) mass is 472 g/mol. The Morgan fingerprint density at radius 1 is 1.21 bits per heavy atom. The molecule has 0 aliphatic rings. The third-order valence-electron chi connectivity index (χ3n) is 4.60. The van der Waals surface area contributed by atoms with Gasteiger partial charge in [0.2, 0.25) is 5.95 Å². The van der Waals surface area contributed by atoms with Gasteiger partial charge in [0.25, 0.3) is 0 Å². The molecule has 0 unspecified atom stereocenters. The summed E-state index contributed by atoms with van der Waals surface area (Å²) < 4.78 is 18.5. The Bertz CT molecular complexity index is 1110. The molecule has 0 spiro atoms. The quantitative estimate of drug-likeness (QED) is 0.326. The first-order valence-electron chi connectivity index (χ1n) is 10.5. The number of carbonyl (C=O) groups excluding carboxylic acids is 1. The molecule has 0 fully saturated rings. The number of benzene rings is 1. The van der Waals surface area contributed by atoms with Crippen LogP contribution in [0.3, 0.4) is 0 Å². The fourth-order valence-corrected chi connectivity index (χ4v) is 3.19. The Kier molecular flexibility index (Phi) is 8.51. The molecular weight excluding hydrogens is 447 g/mol. The number of rotatable bonds is 10. The molecule has 1 aromatic carbocycles. The van der Waals surface area contributed by atoms with E-state index in [0.29, 0.717) is 40.7 Å². The number of nitrogens with one attached hydrogen (secondary N) is 2. The summed E-state index contributed by atoms with van der Waals surface area (Å²) in [5.41, 5.74) is 2.25. The third kappa shape index (κ3) is 6.84. The van der Waals surface area contributed by atoms with Crippen molar-refractivity contribution in [1.29, 1.82) is 0 Å². The highest BCUT2D eigenvalue weighted by atomic mass is 35.5. The van der Waals surface area contributed by atoms with Gasteiger partial charge in [0.15, 0.2) is 0 Å². The Hall–Kier alpha value is -3.30. The highest BCUT2D eigenvalue weighted by molar-refractivity contribution is 6.31. The van der Waals surface area contributed by atoms with Gasteiger partial charge in [0.05, 0.1) is 17.2 Å². The van der Waals surface area contributed by atoms with Crippen LogP contribution >= 0.6 is 11.6 Å². The zero-order valence-corrected chi connectivity index (χ0v) is 19.5. The van der Waals surface area contributed by atoms with E-state index in [-0.39, 0.29) is 11.6 Å². The lowest BCUT2D eigenvalue weighted by molar-refractivity contribution is 0.0526. The van der Waals surface area contributed by atoms with Crippen molar-refractivity contribution in [3.8, 4) is 11.1 Å². The second-order valence-corrected chi connectivity index (χ2v) is 7.88. The smallest absolute Gasteiger partial charge is 0.339 e. The second-order valence-electron chi connectivity index (χ2n) is 7.48. The van der Waals surface area contributed by atoms with E-state index in [1.54, 1.807) is 31.5 Å². The molecule has 3 aromatic rings. The Balaban J connectivity index is 1.90. The molecule has 174 valence electrons. The molecule has 0 aliphatic heterocycles. The van der Waals surface area contributed by atoms with Gasteiger partial charge in [-0.25, -0.2) is 14.2 Å². The van der Waals surface area contributed by atoms with Crippen molar-refractivity contribution in [2.75, 3.05) is 44.4 Å². The number of esters is 1. The van der Waals surface area contributed by atoms with Crippen LogP contribution in [0.1, 0.15) is 23.7 Å². The van der Waals surface area contributed by atoms with E-state index in [4.69, 9.17) is 16.3 Å². The van der Waals surface area contributed by atoms with E-state index >= 15 is 0 Å². The largest absolute Gasteiger partial charge is 0.462 e. The number of hydrogen-bond donors (Lipinski definition) is 2. The maximum Gasteiger partial charge on any atom is 0.339 e. The molecule has 2 aromatic heterocycles. The SMILES string of the molecule is CCOC(=O)c1cncc(-c2cnc(Nc3ccc(F)c(Cl)c3)nc2NCCCN(C)C)c1. The standard InChI is InChI=1S/C23H26ClFN6O2/c1-4-33-22(32)16-10-15(12-26-13-16)18-14-28-23(29-17-6-7-20(25)19(24)11-17)30-21(18)27-8-5-9-31(2)3/h6-7,10-14H,4-5,8-9H2,1-3H3,(H2,27,28,29,30). The molecule has 0 saturated carbocycles. The van der Waals surface area contributed by atoms with Crippen LogP contribution in [0.2, 0.25) is 5.02 Å². The number of pyridine rings is 1. The summed E-state index contributed by atoms with van der Waals surface area (Å²) in [6, 6.07) is 5.98. The Morgan fingerprint density at radius 3 is 2.76 bits per heavy atom. The topological polar surface area (TPSA) is 92.3 Å². The summed E-state index contributed by atoms with van der Waals surface area (Å²) in [6.07, 6.45) is 5.63. The molecule has 0 saturated heterocycles. The van der Waals surface area contributed by atoms with Crippen molar-refractivity contribution in [3.05, 3.63) is 59.3 Å². The lowest BCUT2D eigenvalue weighted by atomic mass is 10.1. The maximum atomic E-state index is 13.5. The molecule has 2 N–H and O–H groups in total. The van der Waals surface area contributed by atoms with Gasteiger partial charge in [-0.1, -0.05) is 11.6 Å². The first kappa shape index (κ1) is 24.3. The van der Waals surface area contributed by atoms with E-state index in [2.05, 4.69) is 30.5 Å². The maximum absolute atomic E-state index is 13.5. The number of halogens is 2. The molecule has 33 heavy (non-hydrogen) atoms. The molecule has 0 bridgehead atoms. The zero-order chi connectivity index (χ0) is 23.8. The fourth-order valence-electron chi connectivity index (χ4n) is 3.01. The van der Waals surface area contributed by atoms with Crippen LogP contribution in [0.4, 0.5) is 21.8 Å². The Labute approximate surface area is 197 Å². The van der Waals surface area contributed by atoms with Gasteiger partial charge in [-0.2, -0.15) is 4.98 Å². The normalized spacial score (nSPS) is 10.8. The molecule has 0 radical (unpaired) electrons. The summed E-state index contributed by atoms with van der Waals surface area (Å²) in [5.74, 6) is -0.0660. The van der Waals surface area contributed by atoms with Crippen molar-refractivity contribution in [1.82, 2.24) is 19.9 Å². The van der Waals surface area contributed by atoms with Crippen LogP contribution in [-0.4, -0.2) is 59.6 Å². The summed E-state index contributed by atoms with van der Waals surface area (Å²) >= 11 is 5.87. The van der Waals surface area contributed by atoms with Gasteiger partial charge in [0, 0.05) is 41.9 Å². The molecular formula is C23H26ClFN6O2. The van der Waals surface area contributed by atoms with Gasteiger partial charge in [-0.05, 0) is 58.3 Å². The van der Waals surface area contributed by atoms with Crippen molar-refractivity contribution in [2.45, 2.75) is 13.3 Å². The molecule has 0 atom stereocenters. The van der Waals surface area contributed by atoms with Gasteiger partial charge in [0.1, 0.15) is 11.6 Å². The first-order valence-corrected chi connectivity index (χ1v) is 10.9. The number of nitrogens with zero attached hydrogens (tertiary/aromatic N) is 4. The van der Waals surface area contributed by atoms with Crippen LogP contribution in [0.25, 0.3) is 11.1 Å². The summed E-state index contributed by atoms with van der Waals surface area (Å²) in [4.78, 5) is 27.4. The lowest BCUT2D eigenvalue weighted by Crippen LogP contribution is -2.17. The van der Waals surface area contributed by atoms with Crippen molar-refractivity contribution in [2.24, 2.45) is 0 Å². The third-order valence-corrected chi connectivity index (χ3v) is 4.89. The lowest BCUT2D eigenvalue weighted by Gasteiger charge is -2.15. The van der Waals surface area contributed by atoms with Crippen LogP contribution in [0.5, 0.6) is 0 Å². The minimum atomic E-state index is -0.504. The molecule has 8 nitrogen and oxygen atoms in total. The van der Waals surface area contributed by atoms with E-state index < -0.39 is 11.8 Å². The van der Waals surface area contributed by atoms with Crippen LogP contribution in [-0.2, 0) is 4.74 Å². The summed E-state index contributed by atoms with van der Waals surface area (Å²) in [5, 5.41) is 6.38. The molecule has 10 heteroatoms. The van der Waals surface area contributed by atoms with Crippen LogP contribution in [0, 0.1) is 5.82 Å². The van der Waals surface area contributed by atoms with E-state index in [0.717, 1.165) is 13.0 Å². The van der Waals surface area contributed by atoms with Gasteiger partial charge in [-0.3, -0.25) is 4.98 Å². The van der Waals surface area contributed by atoms with Gasteiger partial charge >= 0.3 is 5.97 Å². The minimum absolute atomic E-state index is 0.000471. The fraction of sp³-hybridized carbons (Fsp3) is 0.304. The predicted octanol–water partition coefficient (Wildman–Crippen LogP) is 4.62. The van der Waals surface area contributed by atoms with Crippen molar-refractivity contribution < 1.29 is 13.9 Å².